The summed E-state index contributed by atoms with van der Waals surface area (Å²) in [5.41, 5.74) is 5.82. The first-order chi connectivity index (χ1) is 8.65. The second-order valence-corrected chi connectivity index (χ2v) is 5.13. The molecule has 0 bridgehead atoms. The molecule has 5 heteroatoms. The van der Waals surface area contributed by atoms with E-state index in [9.17, 15) is 4.79 Å². The lowest BCUT2D eigenvalue weighted by Crippen LogP contribution is -2.46. The van der Waals surface area contributed by atoms with Gasteiger partial charge in [0.1, 0.15) is 0 Å². The van der Waals surface area contributed by atoms with Gasteiger partial charge >= 0.3 is 0 Å². The molecule has 1 saturated carbocycles. The van der Waals surface area contributed by atoms with Crippen molar-refractivity contribution in [2.45, 2.75) is 31.7 Å². The summed E-state index contributed by atoms with van der Waals surface area (Å²) in [6, 6.07) is 0.257. The fourth-order valence-corrected chi connectivity index (χ4v) is 2.85. The van der Waals surface area contributed by atoms with E-state index in [0.717, 1.165) is 12.8 Å². The molecule has 0 saturated heterocycles. The van der Waals surface area contributed by atoms with E-state index in [-0.39, 0.29) is 11.9 Å². The van der Waals surface area contributed by atoms with Crippen LogP contribution in [0.25, 0.3) is 0 Å². The van der Waals surface area contributed by atoms with E-state index in [1.165, 1.54) is 12.8 Å². The van der Waals surface area contributed by atoms with Crippen LogP contribution in [0.5, 0.6) is 0 Å². The van der Waals surface area contributed by atoms with Crippen molar-refractivity contribution in [3.63, 3.8) is 0 Å². The molecule has 2 atom stereocenters. The number of nitrogens with two attached hydrogens (primary N) is 1. The lowest BCUT2D eigenvalue weighted by atomic mass is 9.83. The van der Waals surface area contributed by atoms with Crippen LogP contribution in [-0.2, 0) is 7.05 Å². The Morgan fingerprint density at radius 2 is 2.28 bits per heavy atom. The normalized spacial score (nSPS) is 23.9. The van der Waals surface area contributed by atoms with E-state index >= 15 is 0 Å². The number of nitrogens with zero attached hydrogens (tertiary/aromatic N) is 3. The van der Waals surface area contributed by atoms with Crippen LogP contribution in [0.2, 0.25) is 0 Å². The molecule has 2 unspecified atom stereocenters. The molecular weight excluding hydrogens is 228 g/mol. The first-order valence-electron chi connectivity index (χ1n) is 6.59. The Morgan fingerprint density at radius 3 is 2.89 bits per heavy atom. The molecule has 5 nitrogen and oxygen atoms in total. The number of rotatable bonds is 3. The molecular formula is C13H22N4O. The summed E-state index contributed by atoms with van der Waals surface area (Å²) >= 11 is 0. The van der Waals surface area contributed by atoms with Crippen LogP contribution >= 0.6 is 0 Å². The van der Waals surface area contributed by atoms with Crippen LogP contribution in [-0.4, -0.2) is 40.0 Å². The minimum Gasteiger partial charge on any atom is -0.336 e. The molecule has 1 aliphatic rings. The molecule has 0 spiro atoms. The van der Waals surface area contributed by atoms with Gasteiger partial charge in [0, 0.05) is 32.5 Å². The fourth-order valence-electron chi connectivity index (χ4n) is 2.85. The first kappa shape index (κ1) is 13.1. The maximum Gasteiger partial charge on any atom is 0.289 e. The summed E-state index contributed by atoms with van der Waals surface area (Å²) in [5, 5.41) is 0. The number of carbonyl (C=O) groups is 1. The van der Waals surface area contributed by atoms with Crippen molar-refractivity contribution in [2.24, 2.45) is 18.7 Å². The Bertz CT molecular complexity index is 415. The van der Waals surface area contributed by atoms with E-state index in [1.54, 1.807) is 17.0 Å². The zero-order valence-corrected chi connectivity index (χ0v) is 11.2. The highest BCUT2D eigenvalue weighted by Gasteiger charge is 2.31. The van der Waals surface area contributed by atoms with Crippen LogP contribution in [0.1, 0.15) is 36.3 Å². The van der Waals surface area contributed by atoms with E-state index in [4.69, 9.17) is 5.73 Å². The molecule has 100 valence electrons. The van der Waals surface area contributed by atoms with Crippen molar-refractivity contribution in [1.29, 1.82) is 0 Å². The van der Waals surface area contributed by atoms with Gasteiger partial charge in [0.2, 0.25) is 0 Å². The van der Waals surface area contributed by atoms with Gasteiger partial charge in [0.25, 0.3) is 5.91 Å². The molecule has 1 amide bonds. The number of hydrogen-bond donors (Lipinski definition) is 1. The van der Waals surface area contributed by atoms with E-state index in [2.05, 4.69) is 4.98 Å². The number of hydrogen-bond acceptors (Lipinski definition) is 3. The van der Waals surface area contributed by atoms with Gasteiger partial charge in [0.05, 0.1) is 0 Å². The highest BCUT2D eigenvalue weighted by atomic mass is 16.2. The molecule has 18 heavy (non-hydrogen) atoms. The standard InChI is InChI=1S/C13H22N4O/c1-16-8-7-15-12(16)13(18)17(2)11-6-4-3-5-10(11)9-14/h7-8,10-11H,3-6,9,14H2,1-2H3. The van der Waals surface area contributed by atoms with Crippen LogP contribution in [0.15, 0.2) is 12.4 Å². The predicted octanol–water partition coefficient (Wildman–Crippen LogP) is 1.01. The Balaban J connectivity index is 2.12. The summed E-state index contributed by atoms with van der Waals surface area (Å²) in [4.78, 5) is 18.3. The summed E-state index contributed by atoms with van der Waals surface area (Å²) in [6.07, 6.45) is 8.03. The summed E-state index contributed by atoms with van der Waals surface area (Å²) in [7, 11) is 3.71. The van der Waals surface area contributed by atoms with Crippen molar-refractivity contribution in [1.82, 2.24) is 14.5 Å². The van der Waals surface area contributed by atoms with Gasteiger partial charge in [-0.1, -0.05) is 12.8 Å². The number of aryl methyl sites for hydroxylation is 1. The number of amides is 1. The highest BCUT2D eigenvalue weighted by molar-refractivity contribution is 5.90. The lowest BCUT2D eigenvalue weighted by Gasteiger charge is -2.37. The van der Waals surface area contributed by atoms with E-state index in [0.29, 0.717) is 18.3 Å². The minimum absolute atomic E-state index is 0.00662. The Morgan fingerprint density at radius 1 is 1.56 bits per heavy atom. The average Bonchev–Trinajstić information content (AvgIpc) is 2.83. The fraction of sp³-hybridized carbons (Fsp3) is 0.692. The van der Waals surface area contributed by atoms with Crippen LogP contribution < -0.4 is 5.73 Å². The molecule has 2 rings (SSSR count). The van der Waals surface area contributed by atoms with E-state index < -0.39 is 0 Å². The second-order valence-electron chi connectivity index (χ2n) is 5.13. The van der Waals surface area contributed by atoms with Gasteiger partial charge in [-0.05, 0) is 25.3 Å². The molecule has 1 aromatic rings. The second kappa shape index (κ2) is 5.52. The van der Waals surface area contributed by atoms with Gasteiger partial charge in [-0.15, -0.1) is 0 Å². The molecule has 2 N–H and O–H groups in total. The number of carbonyl (C=O) groups excluding carboxylic acids is 1. The van der Waals surface area contributed by atoms with Crippen molar-refractivity contribution >= 4 is 5.91 Å². The number of aromatic nitrogens is 2. The van der Waals surface area contributed by atoms with Gasteiger partial charge in [-0.2, -0.15) is 0 Å². The molecule has 1 heterocycles. The topological polar surface area (TPSA) is 64.2 Å². The largest absolute Gasteiger partial charge is 0.336 e. The molecule has 1 aromatic heterocycles. The Labute approximate surface area is 108 Å². The average molecular weight is 250 g/mol. The Hall–Kier alpha value is -1.36. The van der Waals surface area contributed by atoms with Crippen molar-refractivity contribution in [3.05, 3.63) is 18.2 Å². The third-order valence-electron chi connectivity index (χ3n) is 4.00. The Kier molecular flexibility index (Phi) is 4.01. The van der Waals surface area contributed by atoms with Crippen LogP contribution in [0.4, 0.5) is 0 Å². The van der Waals surface area contributed by atoms with Crippen molar-refractivity contribution < 1.29 is 4.79 Å². The zero-order valence-electron chi connectivity index (χ0n) is 11.2. The van der Waals surface area contributed by atoms with Gasteiger partial charge < -0.3 is 15.2 Å². The molecule has 0 aromatic carbocycles. The maximum absolute atomic E-state index is 12.4. The van der Waals surface area contributed by atoms with Gasteiger partial charge in [-0.3, -0.25) is 4.79 Å². The number of imidazole rings is 1. The summed E-state index contributed by atoms with van der Waals surface area (Å²) < 4.78 is 1.76. The van der Waals surface area contributed by atoms with Crippen molar-refractivity contribution in [2.75, 3.05) is 13.6 Å². The van der Waals surface area contributed by atoms with E-state index in [1.807, 2.05) is 19.0 Å². The monoisotopic (exact) mass is 250 g/mol. The molecule has 0 radical (unpaired) electrons. The van der Waals surface area contributed by atoms with Gasteiger partial charge in [0.15, 0.2) is 5.82 Å². The van der Waals surface area contributed by atoms with Crippen LogP contribution in [0.3, 0.4) is 0 Å². The van der Waals surface area contributed by atoms with Crippen molar-refractivity contribution in [3.8, 4) is 0 Å². The smallest absolute Gasteiger partial charge is 0.289 e. The molecule has 1 aliphatic carbocycles. The molecule has 0 aliphatic heterocycles. The van der Waals surface area contributed by atoms with Crippen LogP contribution in [0, 0.1) is 5.92 Å². The summed E-state index contributed by atoms with van der Waals surface area (Å²) in [5.74, 6) is 0.916. The zero-order chi connectivity index (χ0) is 13.1. The maximum atomic E-state index is 12.4. The van der Waals surface area contributed by atoms with Gasteiger partial charge in [-0.25, -0.2) is 4.98 Å². The third-order valence-corrected chi connectivity index (χ3v) is 4.00. The SMILES string of the molecule is CN(C(=O)c1nccn1C)C1CCCCC1CN. The summed E-state index contributed by atoms with van der Waals surface area (Å²) in [6.45, 7) is 0.656. The predicted molar refractivity (Wildman–Crippen MR) is 70.1 cm³/mol. The minimum atomic E-state index is -0.00662. The third kappa shape index (κ3) is 2.41. The quantitative estimate of drug-likeness (QED) is 0.870. The lowest BCUT2D eigenvalue weighted by molar-refractivity contribution is 0.0604. The highest BCUT2D eigenvalue weighted by Crippen LogP contribution is 2.27. The molecule has 1 fully saturated rings. The first-order valence-corrected chi connectivity index (χ1v) is 6.59.